The highest BCUT2D eigenvalue weighted by Crippen LogP contribution is 2.30. The van der Waals surface area contributed by atoms with Crippen LogP contribution in [0.2, 0.25) is 0 Å². The fourth-order valence-corrected chi connectivity index (χ4v) is 2.99. The predicted molar refractivity (Wildman–Crippen MR) is 79.5 cm³/mol. The zero-order chi connectivity index (χ0) is 17.3. The van der Waals surface area contributed by atoms with E-state index in [2.05, 4.69) is 9.97 Å². The average Bonchev–Trinajstić information content (AvgIpc) is 3.07. The molecule has 2 aliphatic rings. The van der Waals surface area contributed by atoms with Crippen molar-refractivity contribution in [2.24, 2.45) is 0 Å². The smallest absolute Gasteiger partial charge is 0.368 e. The molecule has 2 aliphatic heterocycles. The molecule has 24 heavy (non-hydrogen) atoms. The van der Waals surface area contributed by atoms with Crippen molar-refractivity contribution in [1.82, 2.24) is 14.9 Å². The first-order valence-corrected chi connectivity index (χ1v) is 7.93. The van der Waals surface area contributed by atoms with E-state index >= 15 is 0 Å². The Bertz CT molecular complexity index is 609. The van der Waals surface area contributed by atoms with Gasteiger partial charge in [-0.25, -0.2) is 9.97 Å². The van der Waals surface area contributed by atoms with Crippen LogP contribution in [0.5, 0.6) is 0 Å². The number of anilines is 1. The van der Waals surface area contributed by atoms with Crippen molar-refractivity contribution >= 4 is 11.7 Å². The molecule has 0 aromatic carbocycles. The van der Waals surface area contributed by atoms with Crippen LogP contribution in [0.1, 0.15) is 24.4 Å². The van der Waals surface area contributed by atoms with Gasteiger partial charge in [0.1, 0.15) is 23.4 Å². The van der Waals surface area contributed by atoms with Gasteiger partial charge in [0.15, 0.2) is 0 Å². The van der Waals surface area contributed by atoms with Crippen molar-refractivity contribution in [2.45, 2.75) is 32.0 Å². The molecule has 6 nitrogen and oxygen atoms in total. The van der Waals surface area contributed by atoms with Gasteiger partial charge in [-0.15, -0.1) is 0 Å². The number of aromatic nitrogens is 2. The lowest BCUT2D eigenvalue weighted by Gasteiger charge is -2.36. The molecule has 1 aromatic heterocycles. The molecule has 1 aromatic rings. The third kappa shape index (κ3) is 3.61. The molecule has 0 saturated carbocycles. The number of rotatable bonds is 2. The molecule has 1 amide bonds. The normalized spacial score (nSPS) is 22.1. The average molecular weight is 344 g/mol. The number of alkyl halides is 3. The van der Waals surface area contributed by atoms with Crippen LogP contribution in [-0.2, 0) is 15.7 Å². The Morgan fingerprint density at radius 3 is 2.54 bits per heavy atom. The van der Waals surface area contributed by atoms with Crippen molar-refractivity contribution in [3.8, 4) is 0 Å². The maximum Gasteiger partial charge on any atom is 0.433 e. The van der Waals surface area contributed by atoms with Gasteiger partial charge < -0.3 is 14.5 Å². The molecule has 2 fully saturated rings. The Morgan fingerprint density at radius 2 is 1.96 bits per heavy atom. The first-order valence-electron chi connectivity index (χ1n) is 7.93. The lowest BCUT2D eigenvalue weighted by atomic mass is 10.2. The van der Waals surface area contributed by atoms with Crippen molar-refractivity contribution < 1.29 is 22.7 Å². The molecule has 0 N–H and O–H groups in total. The molecule has 0 bridgehead atoms. The van der Waals surface area contributed by atoms with E-state index in [0.29, 0.717) is 32.8 Å². The number of carbonyl (C=O) groups is 1. The van der Waals surface area contributed by atoms with E-state index in [1.54, 1.807) is 9.80 Å². The molecule has 0 aliphatic carbocycles. The summed E-state index contributed by atoms with van der Waals surface area (Å²) in [6.45, 7) is 3.82. The summed E-state index contributed by atoms with van der Waals surface area (Å²) < 4.78 is 44.0. The second-order valence-electron chi connectivity index (χ2n) is 5.97. The first-order chi connectivity index (χ1) is 11.3. The minimum Gasteiger partial charge on any atom is -0.368 e. The number of piperazine rings is 1. The fraction of sp³-hybridized carbons (Fsp3) is 0.667. The van der Waals surface area contributed by atoms with E-state index in [-0.39, 0.29) is 23.7 Å². The number of nitrogens with zero attached hydrogens (tertiary/aromatic N) is 4. The first kappa shape index (κ1) is 16.9. The van der Waals surface area contributed by atoms with E-state index in [0.717, 1.165) is 18.9 Å². The predicted octanol–water partition coefficient (Wildman–Crippen LogP) is 1.63. The van der Waals surface area contributed by atoms with Crippen LogP contribution in [0.3, 0.4) is 0 Å². The molecular weight excluding hydrogens is 325 g/mol. The SMILES string of the molecule is Cc1nc(N2CCN(C(=O)[C@H]3CCCO3)CC2)cc(C(F)(F)F)n1. The maximum atomic E-state index is 12.9. The second-order valence-corrected chi connectivity index (χ2v) is 5.97. The number of hydrogen-bond donors (Lipinski definition) is 0. The van der Waals surface area contributed by atoms with Crippen LogP contribution < -0.4 is 4.90 Å². The number of carbonyl (C=O) groups excluding carboxylic acids is 1. The Balaban J connectivity index is 1.66. The topological polar surface area (TPSA) is 58.6 Å². The highest BCUT2D eigenvalue weighted by molar-refractivity contribution is 5.81. The van der Waals surface area contributed by atoms with Gasteiger partial charge in [-0.1, -0.05) is 0 Å². The number of amides is 1. The van der Waals surface area contributed by atoms with Crippen molar-refractivity contribution in [3.63, 3.8) is 0 Å². The summed E-state index contributed by atoms with van der Waals surface area (Å²) in [5.74, 6) is 0.304. The Kier molecular flexibility index (Phi) is 4.62. The van der Waals surface area contributed by atoms with E-state index < -0.39 is 11.9 Å². The fourth-order valence-electron chi connectivity index (χ4n) is 2.99. The minimum absolute atomic E-state index is 0.0259. The summed E-state index contributed by atoms with van der Waals surface area (Å²) >= 11 is 0. The molecular formula is C15H19F3N4O2. The molecule has 0 unspecified atom stereocenters. The number of hydrogen-bond acceptors (Lipinski definition) is 5. The summed E-state index contributed by atoms with van der Waals surface area (Å²) in [6.07, 6.45) is -3.25. The zero-order valence-corrected chi connectivity index (χ0v) is 13.3. The van der Waals surface area contributed by atoms with E-state index in [9.17, 15) is 18.0 Å². The minimum atomic E-state index is -4.50. The van der Waals surface area contributed by atoms with Crippen LogP contribution in [0.25, 0.3) is 0 Å². The lowest BCUT2D eigenvalue weighted by molar-refractivity contribution is -0.141. The van der Waals surface area contributed by atoms with Crippen LogP contribution in [-0.4, -0.2) is 59.7 Å². The number of halogens is 3. The van der Waals surface area contributed by atoms with E-state index in [4.69, 9.17) is 4.74 Å². The molecule has 0 spiro atoms. The Morgan fingerprint density at radius 1 is 1.25 bits per heavy atom. The molecule has 0 radical (unpaired) electrons. The number of aryl methyl sites for hydroxylation is 1. The van der Waals surface area contributed by atoms with Gasteiger partial charge in [0.2, 0.25) is 0 Å². The van der Waals surface area contributed by atoms with Crippen LogP contribution in [0.4, 0.5) is 19.0 Å². The lowest BCUT2D eigenvalue weighted by Crippen LogP contribution is -2.51. The van der Waals surface area contributed by atoms with Gasteiger partial charge in [-0.05, 0) is 19.8 Å². The highest BCUT2D eigenvalue weighted by atomic mass is 19.4. The van der Waals surface area contributed by atoms with Gasteiger partial charge in [-0.3, -0.25) is 4.79 Å². The summed E-state index contributed by atoms with van der Waals surface area (Å²) in [6, 6.07) is 0.963. The van der Waals surface area contributed by atoms with Crippen LogP contribution in [0.15, 0.2) is 6.07 Å². The molecule has 1 atom stereocenters. The van der Waals surface area contributed by atoms with Gasteiger partial charge in [0.25, 0.3) is 5.91 Å². The summed E-state index contributed by atoms with van der Waals surface area (Å²) in [7, 11) is 0. The maximum absolute atomic E-state index is 12.9. The molecule has 9 heteroatoms. The largest absolute Gasteiger partial charge is 0.433 e. The monoisotopic (exact) mass is 344 g/mol. The van der Waals surface area contributed by atoms with E-state index in [1.165, 1.54) is 6.92 Å². The zero-order valence-electron chi connectivity index (χ0n) is 13.3. The summed E-state index contributed by atoms with van der Waals surface area (Å²) in [5.41, 5.74) is -0.942. The Labute approximate surface area is 137 Å². The van der Waals surface area contributed by atoms with Crippen molar-refractivity contribution in [1.29, 1.82) is 0 Å². The van der Waals surface area contributed by atoms with Gasteiger partial charge in [0, 0.05) is 38.9 Å². The molecule has 3 rings (SSSR count). The molecule has 3 heterocycles. The van der Waals surface area contributed by atoms with Gasteiger partial charge >= 0.3 is 6.18 Å². The standard InChI is InChI=1S/C15H19F3N4O2/c1-10-19-12(15(16,17)18)9-13(20-10)21-4-6-22(7-5-21)14(23)11-3-2-8-24-11/h9,11H,2-8H2,1H3/t11-/m1/s1. The second kappa shape index (κ2) is 6.54. The third-order valence-corrected chi connectivity index (χ3v) is 4.24. The molecule has 2 saturated heterocycles. The van der Waals surface area contributed by atoms with Crippen LogP contribution in [0, 0.1) is 6.92 Å². The molecule has 132 valence electrons. The van der Waals surface area contributed by atoms with Gasteiger partial charge in [-0.2, -0.15) is 13.2 Å². The van der Waals surface area contributed by atoms with Crippen LogP contribution >= 0.6 is 0 Å². The highest BCUT2D eigenvalue weighted by Gasteiger charge is 2.35. The number of ether oxygens (including phenoxy) is 1. The summed E-state index contributed by atoms with van der Waals surface area (Å²) in [4.78, 5) is 23.3. The van der Waals surface area contributed by atoms with Crippen molar-refractivity contribution in [3.05, 3.63) is 17.6 Å². The quantitative estimate of drug-likeness (QED) is 0.816. The summed E-state index contributed by atoms with van der Waals surface area (Å²) in [5, 5.41) is 0. The Hall–Kier alpha value is -1.90. The third-order valence-electron chi connectivity index (χ3n) is 4.24. The van der Waals surface area contributed by atoms with E-state index in [1.807, 2.05) is 0 Å². The van der Waals surface area contributed by atoms with Crippen molar-refractivity contribution in [2.75, 3.05) is 37.7 Å². The van der Waals surface area contributed by atoms with Gasteiger partial charge in [0.05, 0.1) is 0 Å².